The third kappa shape index (κ3) is 4.23. The lowest BCUT2D eigenvalue weighted by molar-refractivity contribution is -0.150. The number of hydrogen-bond donors (Lipinski definition) is 0. The molecule has 0 spiro atoms. The highest BCUT2D eigenvalue weighted by Crippen LogP contribution is 2.24. The van der Waals surface area contributed by atoms with Gasteiger partial charge in [-0.05, 0) is 31.2 Å². The monoisotopic (exact) mass is 305 g/mol. The molecule has 1 heterocycles. The minimum atomic E-state index is -0.535. The molecule has 0 saturated carbocycles. The Morgan fingerprint density at radius 1 is 1.23 bits per heavy atom. The fourth-order valence-corrected chi connectivity index (χ4v) is 2.62. The number of likely N-dealkylation sites (tertiary alicyclic amines) is 1. The molecule has 0 radical (unpaired) electrons. The number of carbonyl (C=O) groups is 2. The molecule has 0 aromatic heterocycles. The van der Waals surface area contributed by atoms with Crippen molar-refractivity contribution in [2.45, 2.75) is 39.3 Å². The van der Waals surface area contributed by atoms with Gasteiger partial charge in [-0.3, -0.25) is 4.90 Å². The summed E-state index contributed by atoms with van der Waals surface area (Å²) >= 11 is 0. The van der Waals surface area contributed by atoms with E-state index >= 15 is 0 Å². The Bertz CT molecular complexity index is 503. The van der Waals surface area contributed by atoms with Crippen molar-refractivity contribution in [2.75, 3.05) is 13.2 Å². The number of piperidine rings is 1. The molecule has 1 saturated heterocycles. The quantitative estimate of drug-likeness (QED) is 0.802. The fourth-order valence-electron chi connectivity index (χ4n) is 2.62. The second-order valence-electron chi connectivity index (χ2n) is 5.63. The number of nitrogens with zero attached hydrogens (tertiary/aromatic N) is 1. The molecule has 1 aromatic rings. The lowest BCUT2D eigenvalue weighted by Crippen LogP contribution is -2.50. The Labute approximate surface area is 131 Å². The minimum absolute atomic E-state index is 0.210. The van der Waals surface area contributed by atoms with Crippen molar-refractivity contribution in [1.29, 1.82) is 0 Å². The highest BCUT2D eigenvalue weighted by Gasteiger charge is 2.36. The largest absolute Gasteiger partial charge is 0.464 e. The zero-order valence-electron chi connectivity index (χ0n) is 13.2. The van der Waals surface area contributed by atoms with Crippen LogP contribution in [-0.4, -0.2) is 36.2 Å². The molecule has 5 nitrogen and oxygen atoms in total. The van der Waals surface area contributed by atoms with Gasteiger partial charge in [-0.15, -0.1) is 0 Å². The van der Waals surface area contributed by atoms with Gasteiger partial charge in [-0.1, -0.05) is 37.3 Å². The second kappa shape index (κ2) is 7.82. The van der Waals surface area contributed by atoms with E-state index in [0.717, 1.165) is 12.0 Å². The molecule has 2 rings (SSSR count). The second-order valence-corrected chi connectivity index (χ2v) is 5.63. The van der Waals surface area contributed by atoms with Crippen LogP contribution in [0.1, 0.15) is 32.3 Å². The number of carbonyl (C=O) groups excluding carboxylic acids is 2. The first kappa shape index (κ1) is 16.3. The summed E-state index contributed by atoms with van der Waals surface area (Å²) in [7, 11) is 0. The van der Waals surface area contributed by atoms with Gasteiger partial charge in [-0.2, -0.15) is 0 Å². The molecule has 1 fully saturated rings. The number of hydrogen-bond acceptors (Lipinski definition) is 4. The first-order valence-corrected chi connectivity index (χ1v) is 7.75. The maximum atomic E-state index is 12.3. The van der Waals surface area contributed by atoms with E-state index in [0.29, 0.717) is 25.5 Å². The van der Waals surface area contributed by atoms with Crippen LogP contribution in [0.5, 0.6) is 0 Å². The maximum absolute atomic E-state index is 12.3. The van der Waals surface area contributed by atoms with Gasteiger partial charge in [0, 0.05) is 6.54 Å². The Kier molecular flexibility index (Phi) is 5.81. The van der Waals surface area contributed by atoms with E-state index in [-0.39, 0.29) is 12.6 Å². The molecule has 0 N–H and O–H groups in total. The van der Waals surface area contributed by atoms with Crippen molar-refractivity contribution in [3.63, 3.8) is 0 Å². The molecule has 1 aliphatic rings. The van der Waals surface area contributed by atoms with Crippen LogP contribution in [0.3, 0.4) is 0 Å². The van der Waals surface area contributed by atoms with E-state index in [4.69, 9.17) is 9.47 Å². The van der Waals surface area contributed by atoms with E-state index in [1.165, 1.54) is 4.90 Å². The Balaban J connectivity index is 1.97. The Hall–Kier alpha value is -2.04. The van der Waals surface area contributed by atoms with E-state index in [1.54, 1.807) is 6.92 Å². The van der Waals surface area contributed by atoms with Gasteiger partial charge in [-0.25, -0.2) is 9.59 Å². The fraction of sp³-hybridized carbons (Fsp3) is 0.529. The third-order valence-corrected chi connectivity index (χ3v) is 3.86. The van der Waals surface area contributed by atoms with E-state index in [9.17, 15) is 9.59 Å². The number of ether oxygens (including phenoxy) is 2. The van der Waals surface area contributed by atoms with Gasteiger partial charge >= 0.3 is 12.1 Å². The zero-order valence-corrected chi connectivity index (χ0v) is 13.2. The van der Waals surface area contributed by atoms with Gasteiger partial charge in [0.2, 0.25) is 0 Å². The number of esters is 1. The molecular weight excluding hydrogens is 282 g/mol. The summed E-state index contributed by atoms with van der Waals surface area (Å²) in [5.74, 6) is 0.0540. The Morgan fingerprint density at radius 2 is 1.95 bits per heavy atom. The number of benzene rings is 1. The van der Waals surface area contributed by atoms with Gasteiger partial charge in [0.05, 0.1) is 6.61 Å². The zero-order chi connectivity index (χ0) is 15.9. The van der Waals surface area contributed by atoms with Crippen molar-refractivity contribution in [3.05, 3.63) is 35.9 Å². The van der Waals surface area contributed by atoms with Crippen LogP contribution in [0.15, 0.2) is 30.3 Å². The minimum Gasteiger partial charge on any atom is -0.464 e. The molecule has 1 amide bonds. The van der Waals surface area contributed by atoms with Crippen molar-refractivity contribution in [1.82, 2.24) is 4.90 Å². The van der Waals surface area contributed by atoms with Crippen LogP contribution in [0, 0.1) is 5.92 Å². The number of rotatable bonds is 4. The normalized spacial score (nSPS) is 21.3. The third-order valence-electron chi connectivity index (χ3n) is 3.86. The topological polar surface area (TPSA) is 55.8 Å². The van der Waals surface area contributed by atoms with Gasteiger partial charge in [0.25, 0.3) is 0 Å². The molecule has 22 heavy (non-hydrogen) atoms. The van der Waals surface area contributed by atoms with Crippen molar-refractivity contribution < 1.29 is 19.1 Å². The van der Waals surface area contributed by atoms with E-state index < -0.39 is 12.1 Å². The molecule has 1 aromatic carbocycles. The molecule has 5 heteroatoms. The van der Waals surface area contributed by atoms with E-state index in [1.807, 2.05) is 30.3 Å². The summed E-state index contributed by atoms with van der Waals surface area (Å²) in [5.41, 5.74) is 0.925. The summed E-state index contributed by atoms with van der Waals surface area (Å²) in [6.07, 6.45) is 1.05. The van der Waals surface area contributed by atoms with Crippen LogP contribution < -0.4 is 0 Å². The standard InChI is InChI=1S/C17H23NO4/c1-3-21-16(19)15-11-13(2)9-10-18(15)17(20)22-12-14-7-5-4-6-8-14/h4-8,13,15H,3,9-12H2,1-2H3. The van der Waals surface area contributed by atoms with Crippen LogP contribution in [0.4, 0.5) is 4.79 Å². The predicted octanol–water partition coefficient (Wildman–Crippen LogP) is 2.99. The van der Waals surface area contributed by atoms with Crippen molar-refractivity contribution in [2.24, 2.45) is 5.92 Å². The lowest BCUT2D eigenvalue weighted by Gasteiger charge is -2.36. The summed E-state index contributed by atoms with van der Waals surface area (Å²) in [5, 5.41) is 0. The smallest absolute Gasteiger partial charge is 0.410 e. The first-order chi connectivity index (χ1) is 10.6. The van der Waals surface area contributed by atoms with Crippen molar-refractivity contribution in [3.8, 4) is 0 Å². The molecule has 0 aliphatic carbocycles. The molecular formula is C17H23NO4. The summed E-state index contributed by atoms with van der Waals surface area (Å²) < 4.78 is 10.4. The van der Waals surface area contributed by atoms with Crippen LogP contribution in [-0.2, 0) is 20.9 Å². The van der Waals surface area contributed by atoms with Crippen LogP contribution in [0.2, 0.25) is 0 Å². The maximum Gasteiger partial charge on any atom is 0.410 e. The first-order valence-electron chi connectivity index (χ1n) is 7.75. The summed E-state index contributed by atoms with van der Waals surface area (Å²) in [6, 6.07) is 8.96. The van der Waals surface area contributed by atoms with Crippen LogP contribution in [0.25, 0.3) is 0 Å². The summed E-state index contributed by atoms with van der Waals surface area (Å²) in [6.45, 7) is 4.90. The van der Waals surface area contributed by atoms with Gasteiger partial charge in [0.15, 0.2) is 0 Å². The lowest BCUT2D eigenvalue weighted by atomic mass is 9.93. The molecule has 0 bridgehead atoms. The molecule has 1 aliphatic heterocycles. The average Bonchev–Trinajstić information content (AvgIpc) is 2.53. The van der Waals surface area contributed by atoms with Crippen LogP contribution >= 0.6 is 0 Å². The van der Waals surface area contributed by atoms with Crippen molar-refractivity contribution >= 4 is 12.1 Å². The molecule has 2 unspecified atom stereocenters. The highest BCUT2D eigenvalue weighted by atomic mass is 16.6. The average molecular weight is 305 g/mol. The number of amides is 1. The molecule has 2 atom stereocenters. The van der Waals surface area contributed by atoms with Gasteiger partial charge < -0.3 is 9.47 Å². The van der Waals surface area contributed by atoms with E-state index in [2.05, 4.69) is 6.92 Å². The Morgan fingerprint density at radius 3 is 2.64 bits per heavy atom. The highest BCUT2D eigenvalue weighted by molar-refractivity contribution is 5.81. The summed E-state index contributed by atoms with van der Waals surface area (Å²) in [4.78, 5) is 25.9. The predicted molar refractivity (Wildman–Crippen MR) is 82.2 cm³/mol. The van der Waals surface area contributed by atoms with Gasteiger partial charge in [0.1, 0.15) is 12.6 Å². The molecule has 120 valence electrons. The SMILES string of the molecule is CCOC(=O)C1CC(C)CCN1C(=O)OCc1ccccc1.